The van der Waals surface area contributed by atoms with E-state index in [4.69, 9.17) is 26.7 Å². The molecule has 2 heterocycles. The molecule has 0 spiro atoms. The molecule has 0 saturated heterocycles. The summed E-state index contributed by atoms with van der Waals surface area (Å²) < 4.78 is 1.85. The number of nitrogens with zero attached hydrogens (tertiary/aromatic N) is 4. The average molecular weight is 418 g/mol. The molecule has 0 bridgehead atoms. The molecule has 2 aromatic carbocycles. The Kier molecular flexibility index (Phi) is 4.91. The number of fused-ring (bicyclic) bond motifs is 2. The van der Waals surface area contributed by atoms with Gasteiger partial charge in [0.1, 0.15) is 5.82 Å². The lowest BCUT2D eigenvalue weighted by molar-refractivity contribution is 0.662. The Bertz CT molecular complexity index is 1230. The van der Waals surface area contributed by atoms with Crippen molar-refractivity contribution in [3.05, 3.63) is 81.3 Å². The van der Waals surface area contributed by atoms with Gasteiger partial charge in [-0.3, -0.25) is 0 Å². The Hall–Kier alpha value is -2.92. The van der Waals surface area contributed by atoms with Gasteiger partial charge in [-0.25, -0.2) is 4.98 Å². The monoisotopic (exact) mass is 417 g/mol. The van der Waals surface area contributed by atoms with Crippen molar-refractivity contribution in [3.8, 4) is 0 Å². The van der Waals surface area contributed by atoms with Gasteiger partial charge in [0.15, 0.2) is 5.82 Å². The first-order valence-electron chi connectivity index (χ1n) is 10.4. The lowest BCUT2D eigenvalue weighted by Gasteiger charge is -2.20. The van der Waals surface area contributed by atoms with Crippen LogP contribution >= 0.6 is 11.6 Å². The van der Waals surface area contributed by atoms with Crippen molar-refractivity contribution in [1.82, 2.24) is 19.6 Å². The Morgan fingerprint density at radius 3 is 2.53 bits per heavy atom. The molecule has 4 aromatic rings. The van der Waals surface area contributed by atoms with Gasteiger partial charge in [0.2, 0.25) is 0 Å². The smallest absolute Gasteiger partial charge is 0.254 e. The van der Waals surface area contributed by atoms with Crippen molar-refractivity contribution in [2.24, 2.45) is 0 Å². The molecule has 0 aliphatic heterocycles. The van der Waals surface area contributed by atoms with E-state index in [1.807, 2.05) is 23.6 Å². The van der Waals surface area contributed by atoms with Crippen LogP contribution in [0.25, 0.3) is 5.78 Å². The number of aromatic nitrogens is 4. The zero-order valence-electron chi connectivity index (χ0n) is 17.2. The number of hydrogen-bond donors (Lipinski definition) is 1. The predicted molar refractivity (Wildman–Crippen MR) is 121 cm³/mol. The molecule has 2 aromatic heterocycles. The summed E-state index contributed by atoms with van der Waals surface area (Å²) in [7, 11) is 0. The summed E-state index contributed by atoms with van der Waals surface area (Å²) in [6, 6.07) is 14.5. The highest BCUT2D eigenvalue weighted by Crippen LogP contribution is 2.32. The second-order valence-corrected chi connectivity index (χ2v) is 8.51. The minimum atomic E-state index is 0.642. The van der Waals surface area contributed by atoms with Crippen LogP contribution in [-0.2, 0) is 19.3 Å². The third-order valence-electron chi connectivity index (χ3n) is 5.67. The third kappa shape index (κ3) is 3.65. The van der Waals surface area contributed by atoms with Crippen LogP contribution in [-0.4, -0.2) is 19.6 Å². The van der Waals surface area contributed by atoms with E-state index in [0.29, 0.717) is 17.2 Å². The van der Waals surface area contributed by atoms with Gasteiger partial charge in [-0.15, -0.1) is 5.10 Å². The Morgan fingerprint density at radius 1 is 0.967 bits per heavy atom. The van der Waals surface area contributed by atoms with Crippen molar-refractivity contribution >= 4 is 28.9 Å². The first-order chi connectivity index (χ1) is 14.6. The van der Waals surface area contributed by atoms with E-state index in [1.165, 1.54) is 16.7 Å². The Morgan fingerprint density at radius 2 is 1.73 bits per heavy atom. The van der Waals surface area contributed by atoms with E-state index in [0.717, 1.165) is 54.3 Å². The van der Waals surface area contributed by atoms with Crippen LogP contribution in [0.3, 0.4) is 0 Å². The third-order valence-corrected chi connectivity index (χ3v) is 5.98. The van der Waals surface area contributed by atoms with E-state index in [1.54, 1.807) is 0 Å². The number of benzene rings is 2. The SMILES string of the molecule is Cc1ccc(Cc2nc3nc4c(c(Nc5ccc(C)cc5Cl)n3n2)CCCC4)cc1. The van der Waals surface area contributed by atoms with Gasteiger partial charge in [-0.1, -0.05) is 47.5 Å². The van der Waals surface area contributed by atoms with Crippen LogP contribution in [0.2, 0.25) is 5.02 Å². The van der Waals surface area contributed by atoms with E-state index < -0.39 is 0 Å². The molecule has 0 radical (unpaired) electrons. The molecule has 0 unspecified atom stereocenters. The fourth-order valence-corrected chi connectivity index (χ4v) is 4.31. The average Bonchev–Trinajstić information content (AvgIpc) is 3.13. The van der Waals surface area contributed by atoms with Gasteiger partial charge >= 0.3 is 0 Å². The predicted octanol–water partition coefficient (Wildman–Crippen LogP) is 5.61. The summed E-state index contributed by atoms with van der Waals surface area (Å²) in [6.45, 7) is 4.13. The molecule has 152 valence electrons. The first kappa shape index (κ1) is 19.1. The number of rotatable bonds is 4. The highest BCUT2D eigenvalue weighted by atomic mass is 35.5. The summed E-state index contributed by atoms with van der Waals surface area (Å²) in [5, 5.41) is 9.06. The quantitative estimate of drug-likeness (QED) is 0.469. The second-order valence-electron chi connectivity index (χ2n) is 8.10. The molecule has 0 amide bonds. The standard InChI is InChI=1S/C24H24ClN5/c1-15-7-10-17(11-8-15)14-22-28-24-27-20-6-4-3-5-18(20)23(30(24)29-22)26-21-12-9-16(2)13-19(21)25/h7-13,26H,3-6,14H2,1-2H3. The van der Waals surface area contributed by atoms with Crippen LogP contribution in [0, 0.1) is 13.8 Å². The fraction of sp³-hybridized carbons (Fsp3) is 0.292. The maximum Gasteiger partial charge on any atom is 0.254 e. The zero-order chi connectivity index (χ0) is 20.7. The maximum absolute atomic E-state index is 6.52. The largest absolute Gasteiger partial charge is 0.339 e. The molecule has 0 atom stereocenters. The number of anilines is 2. The van der Waals surface area contributed by atoms with Crippen molar-refractivity contribution in [1.29, 1.82) is 0 Å². The molecular weight excluding hydrogens is 394 g/mol. The maximum atomic E-state index is 6.52. The van der Waals surface area contributed by atoms with Gasteiger partial charge in [0, 0.05) is 12.0 Å². The molecular formula is C24H24ClN5. The summed E-state index contributed by atoms with van der Waals surface area (Å²) in [4.78, 5) is 9.59. The first-order valence-corrected chi connectivity index (χ1v) is 10.8. The zero-order valence-corrected chi connectivity index (χ0v) is 18.0. The summed E-state index contributed by atoms with van der Waals surface area (Å²) in [5.74, 6) is 2.35. The molecule has 1 aliphatic carbocycles. The minimum absolute atomic E-state index is 0.642. The molecule has 0 fully saturated rings. The lowest BCUT2D eigenvalue weighted by Crippen LogP contribution is -2.14. The van der Waals surface area contributed by atoms with Gasteiger partial charge in [-0.05, 0) is 62.8 Å². The van der Waals surface area contributed by atoms with E-state index in [9.17, 15) is 0 Å². The molecule has 5 nitrogen and oxygen atoms in total. The van der Waals surface area contributed by atoms with Crippen LogP contribution in [0.15, 0.2) is 42.5 Å². The van der Waals surface area contributed by atoms with E-state index >= 15 is 0 Å². The van der Waals surface area contributed by atoms with Gasteiger partial charge in [-0.2, -0.15) is 9.50 Å². The highest BCUT2D eigenvalue weighted by Gasteiger charge is 2.21. The van der Waals surface area contributed by atoms with E-state index in [-0.39, 0.29) is 0 Å². The van der Waals surface area contributed by atoms with Gasteiger partial charge in [0.25, 0.3) is 5.78 Å². The summed E-state index contributed by atoms with van der Waals surface area (Å²) in [6.07, 6.45) is 4.95. The number of hydrogen-bond acceptors (Lipinski definition) is 4. The Balaban J connectivity index is 1.59. The van der Waals surface area contributed by atoms with Gasteiger partial charge in [0.05, 0.1) is 16.4 Å². The van der Waals surface area contributed by atoms with Crippen molar-refractivity contribution in [2.75, 3.05) is 5.32 Å². The Labute approximate surface area is 181 Å². The summed E-state index contributed by atoms with van der Waals surface area (Å²) in [5.41, 5.74) is 6.78. The normalized spacial score (nSPS) is 13.4. The highest BCUT2D eigenvalue weighted by molar-refractivity contribution is 6.33. The number of nitrogens with one attached hydrogen (secondary N) is 1. The van der Waals surface area contributed by atoms with Crippen molar-refractivity contribution < 1.29 is 0 Å². The summed E-state index contributed by atoms with van der Waals surface area (Å²) >= 11 is 6.52. The van der Waals surface area contributed by atoms with Gasteiger partial charge < -0.3 is 5.32 Å². The second kappa shape index (κ2) is 7.73. The molecule has 30 heavy (non-hydrogen) atoms. The van der Waals surface area contributed by atoms with Crippen LogP contribution in [0.5, 0.6) is 0 Å². The minimum Gasteiger partial charge on any atom is -0.339 e. The number of halogens is 1. The lowest BCUT2D eigenvalue weighted by atomic mass is 9.96. The molecule has 1 N–H and O–H groups in total. The number of aryl methyl sites for hydroxylation is 3. The fourth-order valence-electron chi connectivity index (χ4n) is 4.02. The van der Waals surface area contributed by atoms with Crippen LogP contribution in [0.4, 0.5) is 11.5 Å². The topological polar surface area (TPSA) is 55.1 Å². The molecule has 1 aliphatic rings. The molecule has 6 heteroatoms. The van der Waals surface area contributed by atoms with Crippen LogP contribution in [0.1, 0.15) is 46.6 Å². The van der Waals surface area contributed by atoms with E-state index in [2.05, 4.69) is 42.6 Å². The van der Waals surface area contributed by atoms with Crippen molar-refractivity contribution in [3.63, 3.8) is 0 Å². The molecule has 5 rings (SSSR count). The van der Waals surface area contributed by atoms with Crippen LogP contribution < -0.4 is 5.32 Å². The van der Waals surface area contributed by atoms with Crippen molar-refractivity contribution in [2.45, 2.75) is 46.0 Å². The molecule has 0 saturated carbocycles.